The lowest BCUT2D eigenvalue weighted by atomic mass is 9.98. The fourth-order valence-electron chi connectivity index (χ4n) is 3.40. The van der Waals surface area contributed by atoms with Gasteiger partial charge in [0.15, 0.2) is 0 Å². The average Bonchev–Trinajstić information content (AvgIpc) is 2.83. The lowest BCUT2D eigenvalue weighted by molar-refractivity contribution is 0.268. The maximum Gasteiger partial charge on any atom is 0.225 e. The van der Waals surface area contributed by atoms with Gasteiger partial charge in [-0.15, -0.1) is 0 Å². The van der Waals surface area contributed by atoms with Gasteiger partial charge in [-0.2, -0.15) is 4.98 Å². The van der Waals surface area contributed by atoms with Crippen LogP contribution < -0.4 is 15.2 Å². The third-order valence-electron chi connectivity index (χ3n) is 5.06. The number of aromatic nitrogens is 1. The molecule has 1 heterocycles. The second-order valence-electron chi connectivity index (χ2n) is 7.42. The molecule has 0 spiro atoms. The van der Waals surface area contributed by atoms with Crippen LogP contribution in [0.15, 0.2) is 91.0 Å². The van der Waals surface area contributed by atoms with Gasteiger partial charge in [0.25, 0.3) is 0 Å². The standard InChI is InChI=1S/C27H26N2O2/c1-20-12-13-23(17-28)25(16-20)24-14-15-26(30-18-21-8-4-2-5-9-21)29-27(24)31-19-22-10-6-3-7-11-22/h2-16H,17-19,28H2,1H3. The molecule has 0 aliphatic heterocycles. The third-order valence-corrected chi connectivity index (χ3v) is 5.06. The van der Waals surface area contributed by atoms with E-state index in [-0.39, 0.29) is 0 Å². The molecule has 0 aliphatic carbocycles. The maximum absolute atomic E-state index is 6.18. The lowest BCUT2D eigenvalue weighted by Gasteiger charge is -2.16. The number of nitrogens with zero attached hydrogens (tertiary/aromatic N) is 1. The number of benzene rings is 3. The Labute approximate surface area is 183 Å². The van der Waals surface area contributed by atoms with E-state index < -0.39 is 0 Å². The van der Waals surface area contributed by atoms with Gasteiger partial charge in [0.2, 0.25) is 11.8 Å². The second-order valence-corrected chi connectivity index (χ2v) is 7.42. The van der Waals surface area contributed by atoms with E-state index in [1.54, 1.807) is 0 Å². The van der Waals surface area contributed by atoms with Crippen molar-refractivity contribution in [2.45, 2.75) is 26.7 Å². The fourth-order valence-corrected chi connectivity index (χ4v) is 3.40. The highest BCUT2D eigenvalue weighted by Gasteiger charge is 2.14. The summed E-state index contributed by atoms with van der Waals surface area (Å²) >= 11 is 0. The van der Waals surface area contributed by atoms with E-state index in [2.05, 4.69) is 25.1 Å². The van der Waals surface area contributed by atoms with Crippen LogP contribution in [-0.2, 0) is 19.8 Å². The maximum atomic E-state index is 6.18. The van der Waals surface area contributed by atoms with Gasteiger partial charge in [0.05, 0.1) is 0 Å². The highest BCUT2D eigenvalue weighted by molar-refractivity contribution is 5.73. The van der Waals surface area contributed by atoms with E-state index in [0.29, 0.717) is 31.5 Å². The molecule has 4 heteroatoms. The largest absolute Gasteiger partial charge is 0.473 e. The molecular formula is C27H26N2O2. The summed E-state index contributed by atoms with van der Waals surface area (Å²) in [6.45, 7) is 3.38. The Bertz CT molecular complexity index is 1130. The van der Waals surface area contributed by atoms with Gasteiger partial charge in [-0.25, -0.2) is 0 Å². The van der Waals surface area contributed by atoms with Gasteiger partial charge < -0.3 is 15.2 Å². The van der Waals surface area contributed by atoms with E-state index >= 15 is 0 Å². The molecule has 0 unspecified atom stereocenters. The third kappa shape index (κ3) is 5.30. The summed E-state index contributed by atoms with van der Waals surface area (Å²) in [7, 11) is 0. The predicted octanol–water partition coefficient (Wildman–Crippen LogP) is 5.67. The van der Waals surface area contributed by atoms with Gasteiger partial charge in [0, 0.05) is 18.2 Å². The first-order valence-corrected chi connectivity index (χ1v) is 10.4. The smallest absolute Gasteiger partial charge is 0.225 e. The minimum Gasteiger partial charge on any atom is -0.473 e. The van der Waals surface area contributed by atoms with Crippen molar-refractivity contribution in [2.75, 3.05) is 0 Å². The van der Waals surface area contributed by atoms with Crippen molar-refractivity contribution < 1.29 is 9.47 Å². The molecule has 0 bridgehead atoms. The summed E-state index contributed by atoms with van der Waals surface area (Å²) in [5, 5.41) is 0. The Morgan fingerprint density at radius 2 is 1.35 bits per heavy atom. The van der Waals surface area contributed by atoms with E-state index in [1.807, 2.05) is 72.8 Å². The zero-order valence-corrected chi connectivity index (χ0v) is 17.6. The van der Waals surface area contributed by atoms with Crippen LogP contribution in [0, 0.1) is 6.92 Å². The van der Waals surface area contributed by atoms with Crippen LogP contribution in [0.4, 0.5) is 0 Å². The molecule has 0 saturated carbocycles. The molecule has 0 aliphatic rings. The highest BCUT2D eigenvalue weighted by Crippen LogP contribution is 2.34. The molecular weight excluding hydrogens is 384 g/mol. The molecule has 4 aromatic rings. The quantitative estimate of drug-likeness (QED) is 0.406. The molecule has 4 nitrogen and oxygen atoms in total. The molecule has 0 fully saturated rings. The topological polar surface area (TPSA) is 57.4 Å². The Balaban J connectivity index is 1.65. The molecule has 4 rings (SSSR count). The van der Waals surface area contributed by atoms with E-state index in [1.165, 1.54) is 0 Å². The van der Waals surface area contributed by atoms with Crippen molar-refractivity contribution in [2.24, 2.45) is 5.73 Å². The van der Waals surface area contributed by atoms with Crippen molar-refractivity contribution in [3.8, 4) is 22.9 Å². The fraction of sp³-hybridized carbons (Fsp3) is 0.148. The summed E-state index contributed by atoms with van der Waals surface area (Å²) in [5.74, 6) is 1.06. The number of hydrogen-bond donors (Lipinski definition) is 1. The molecule has 2 N–H and O–H groups in total. The predicted molar refractivity (Wildman–Crippen MR) is 124 cm³/mol. The first-order valence-electron chi connectivity index (χ1n) is 10.4. The Kier molecular flexibility index (Phi) is 6.60. The molecule has 156 valence electrons. The van der Waals surface area contributed by atoms with Crippen LogP contribution in [-0.4, -0.2) is 4.98 Å². The van der Waals surface area contributed by atoms with Crippen molar-refractivity contribution in [1.82, 2.24) is 4.98 Å². The first-order chi connectivity index (χ1) is 15.2. The zero-order valence-electron chi connectivity index (χ0n) is 17.6. The lowest BCUT2D eigenvalue weighted by Crippen LogP contribution is -2.04. The summed E-state index contributed by atoms with van der Waals surface area (Å²) in [6, 6.07) is 30.2. The molecule has 0 radical (unpaired) electrons. The minimum atomic E-state index is 0.423. The summed E-state index contributed by atoms with van der Waals surface area (Å²) in [5.41, 5.74) is 12.3. The SMILES string of the molecule is Cc1ccc(CN)c(-c2ccc(OCc3ccccc3)nc2OCc2ccccc2)c1. The van der Waals surface area contributed by atoms with E-state index in [0.717, 1.165) is 33.4 Å². The Morgan fingerprint density at radius 1 is 0.710 bits per heavy atom. The minimum absolute atomic E-state index is 0.423. The van der Waals surface area contributed by atoms with Crippen LogP contribution in [0.2, 0.25) is 0 Å². The van der Waals surface area contributed by atoms with Crippen LogP contribution in [0.5, 0.6) is 11.8 Å². The highest BCUT2D eigenvalue weighted by atomic mass is 16.5. The van der Waals surface area contributed by atoms with E-state index in [4.69, 9.17) is 20.2 Å². The zero-order chi connectivity index (χ0) is 21.5. The number of hydrogen-bond acceptors (Lipinski definition) is 4. The van der Waals surface area contributed by atoms with Gasteiger partial charge in [-0.3, -0.25) is 0 Å². The number of pyridine rings is 1. The van der Waals surface area contributed by atoms with Gasteiger partial charge in [0.1, 0.15) is 13.2 Å². The van der Waals surface area contributed by atoms with Crippen LogP contribution >= 0.6 is 0 Å². The number of aryl methyl sites for hydroxylation is 1. The molecule has 0 saturated heterocycles. The van der Waals surface area contributed by atoms with Crippen molar-refractivity contribution in [3.05, 3.63) is 113 Å². The monoisotopic (exact) mass is 410 g/mol. The van der Waals surface area contributed by atoms with Crippen molar-refractivity contribution >= 4 is 0 Å². The first kappa shape index (κ1) is 20.6. The summed E-state index contributed by atoms with van der Waals surface area (Å²) < 4.78 is 12.1. The Hall–Kier alpha value is -3.63. The van der Waals surface area contributed by atoms with Gasteiger partial charge in [-0.05, 0) is 35.2 Å². The van der Waals surface area contributed by atoms with E-state index in [9.17, 15) is 0 Å². The molecule has 31 heavy (non-hydrogen) atoms. The molecule has 0 atom stereocenters. The number of rotatable bonds is 8. The Morgan fingerprint density at radius 3 is 2.00 bits per heavy atom. The molecule has 0 amide bonds. The van der Waals surface area contributed by atoms with Gasteiger partial charge >= 0.3 is 0 Å². The van der Waals surface area contributed by atoms with Gasteiger partial charge in [-0.1, -0.05) is 84.4 Å². The normalized spacial score (nSPS) is 10.6. The molecule has 1 aromatic heterocycles. The average molecular weight is 411 g/mol. The van der Waals surface area contributed by atoms with Crippen molar-refractivity contribution in [1.29, 1.82) is 0 Å². The molecule has 3 aromatic carbocycles. The van der Waals surface area contributed by atoms with Crippen LogP contribution in [0.25, 0.3) is 11.1 Å². The number of ether oxygens (including phenoxy) is 2. The van der Waals surface area contributed by atoms with Crippen LogP contribution in [0.1, 0.15) is 22.3 Å². The summed E-state index contributed by atoms with van der Waals surface area (Å²) in [4.78, 5) is 4.70. The second kappa shape index (κ2) is 9.92. The van der Waals surface area contributed by atoms with Crippen molar-refractivity contribution in [3.63, 3.8) is 0 Å². The summed E-state index contributed by atoms with van der Waals surface area (Å²) in [6.07, 6.45) is 0. The number of nitrogens with two attached hydrogens (primary N) is 1. The van der Waals surface area contributed by atoms with Crippen LogP contribution in [0.3, 0.4) is 0 Å².